The summed E-state index contributed by atoms with van der Waals surface area (Å²) in [4.78, 5) is 0. The van der Waals surface area contributed by atoms with Crippen LogP contribution in [0.4, 0.5) is 0 Å². The highest BCUT2D eigenvalue weighted by Gasteiger charge is 2.18. The average molecular weight is 319 g/mol. The van der Waals surface area contributed by atoms with Gasteiger partial charge in [0.05, 0.1) is 17.6 Å². The fraction of sp³-hybridized carbons (Fsp3) is 0.250. The molecule has 112 valence electrons. The molecule has 0 aromatic heterocycles. The van der Waals surface area contributed by atoms with Gasteiger partial charge in [-0.05, 0) is 24.3 Å². The quantitative estimate of drug-likeness (QED) is 0.850. The van der Waals surface area contributed by atoms with E-state index < -0.39 is 17.6 Å². The SMILES string of the molecule is C[SiH](C)c1c(O)cccc1Oc1cccc(O)c1[SiH](C)C. The van der Waals surface area contributed by atoms with Crippen LogP contribution in [-0.4, -0.2) is 27.8 Å². The Morgan fingerprint density at radius 2 is 1.10 bits per heavy atom. The monoisotopic (exact) mass is 318 g/mol. The topological polar surface area (TPSA) is 49.7 Å². The Morgan fingerprint density at radius 1 is 0.714 bits per heavy atom. The van der Waals surface area contributed by atoms with Crippen molar-refractivity contribution in [2.24, 2.45) is 0 Å². The Morgan fingerprint density at radius 3 is 1.43 bits per heavy atom. The van der Waals surface area contributed by atoms with Crippen molar-refractivity contribution in [3.63, 3.8) is 0 Å². The molecule has 0 unspecified atom stereocenters. The Bertz CT molecular complexity index is 584. The maximum absolute atomic E-state index is 10.1. The lowest BCUT2D eigenvalue weighted by Crippen LogP contribution is -2.28. The Kier molecular flexibility index (Phi) is 4.74. The Hall–Kier alpha value is -1.73. The van der Waals surface area contributed by atoms with Gasteiger partial charge >= 0.3 is 0 Å². The lowest BCUT2D eigenvalue weighted by molar-refractivity contribution is 0.456. The summed E-state index contributed by atoms with van der Waals surface area (Å²) in [7, 11) is -2.45. The summed E-state index contributed by atoms with van der Waals surface area (Å²) in [5.41, 5.74) is 0. The Labute approximate surface area is 129 Å². The average Bonchev–Trinajstić information content (AvgIpc) is 2.37. The molecular weight excluding hydrogens is 296 g/mol. The van der Waals surface area contributed by atoms with Crippen LogP contribution in [0.25, 0.3) is 0 Å². The molecule has 0 heterocycles. The molecule has 3 nitrogen and oxygen atoms in total. The summed E-state index contributed by atoms with van der Waals surface area (Å²) in [5, 5.41) is 22.0. The number of ether oxygens (including phenoxy) is 1. The second-order valence-electron chi connectivity index (χ2n) is 5.79. The zero-order valence-electron chi connectivity index (χ0n) is 12.9. The molecule has 0 saturated carbocycles. The number of phenols is 2. The van der Waals surface area contributed by atoms with E-state index in [1.165, 1.54) is 0 Å². The number of rotatable bonds is 4. The second kappa shape index (κ2) is 6.36. The van der Waals surface area contributed by atoms with Crippen molar-refractivity contribution in [2.75, 3.05) is 0 Å². The summed E-state index contributed by atoms with van der Waals surface area (Å²) in [6.07, 6.45) is 0. The van der Waals surface area contributed by atoms with Crippen molar-refractivity contribution < 1.29 is 14.9 Å². The third-order valence-corrected chi connectivity index (χ3v) is 6.93. The maximum atomic E-state index is 10.1. The van der Waals surface area contributed by atoms with Crippen LogP contribution in [0.5, 0.6) is 23.0 Å². The van der Waals surface area contributed by atoms with Crippen molar-refractivity contribution in [1.29, 1.82) is 0 Å². The maximum Gasteiger partial charge on any atom is 0.129 e. The normalized spacial score (nSPS) is 11.1. The lowest BCUT2D eigenvalue weighted by Gasteiger charge is -2.18. The molecule has 0 atom stereocenters. The fourth-order valence-corrected chi connectivity index (χ4v) is 5.35. The van der Waals surface area contributed by atoms with Gasteiger partial charge in [-0.2, -0.15) is 0 Å². The van der Waals surface area contributed by atoms with Crippen molar-refractivity contribution in [2.45, 2.75) is 26.2 Å². The molecule has 5 heteroatoms. The number of hydrogen-bond acceptors (Lipinski definition) is 3. The van der Waals surface area contributed by atoms with Gasteiger partial charge in [-0.25, -0.2) is 0 Å². The predicted molar refractivity (Wildman–Crippen MR) is 93.3 cm³/mol. The summed E-state index contributed by atoms with van der Waals surface area (Å²) in [6, 6.07) is 10.8. The van der Waals surface area contributed by atoms with Crippen LogP contribution in [0, 0.1) is 0 Å². The van der Waals surface area contributed by atoms with E-state index in [0.717, 1.165) is 10.4 Å². The summed E-state index contributed by atoms with van der Waals surface area (Å²) in [5.74, 6) is 2.02. The molecule has 0 aliphatic carbocycles. The first-order valence-corrected chi connectivity index (χ1v) is 13.0. The third kappa shape index (κ3) is 3.30. The minimum Gasteiger partial charge on any atom is -0.508 e. The molecule has 0 fully saturated rings. The standard InChI is InChI=1S/C16H22O3Si2/c1-20(2)15-11(17)7-5-9-13(15)19-14-10-6-8-12(18)16(14)21(3)4/h5-10,17-18,20-21H,1-4H3. The van der Waals surface area contributed by atoms with Crippen molar-refractivity contribution >= 4 is 28.0 Å². The van der Waals surface area contributed by atoms with E-state index in [0.29, 0.717) is 23.0 Å². The largest absolute Gasteiger partial charge is 0.508 e. The Balaban J connectivity index is 2.49. The van der Waals surface area contributed by atoms with Crippen LogP contribution in [0.3, 0.4) is 0 Å². The smallest absolute Gasteiger partial charge is 0.129 e. The van der Waals surface area contributed by atoms with Gasteiger partial charge in [0, 0.05) is 10.4 Å². The van der Waals surface area contributed by atoms with Crippen molar-refractivity contribution in [3.8, 4) is 23.0 Å². The van der Waals surface area contributed by atoms with Gasteiger partial charge in [-0.1, -0.05) is 38.3 Å². The van der Waals surface area contributed by atoms with Crippen LogP contribution in [-0.2, 0) is 0 Å². The van der Waals surface area contributed by atoms with Gasteiger partial charge in [0.1, 0.15) is 23.0 Å². The molecule has 2 aromatic rings. The van der Waals surface area contributed by atoms with E-state index >= 15 is 0 Å². The van der Waals surface area contributed by atoms with Crippen LogP contribution in [0.1, 0.15) is 0 Å². The number of hydrogen-bond donors (Lipinski definition) is 2. The molecule has 0 saturated heterocycles. The van der Waals surface area contributed by atoms with E-state index in [2.05, 4.69) is 26.2 Å². The third-order valence-electron chi connectivity index (χ3n) is 3.46. The summed E-state index contributed by atoms with van der Waals surface area (Å²) < 4.78 is 6.07. The van der Waals surface area contributed by atoms with Crippen molar-refractivity contribution in [3.05, 3.63) is 36.4 Å². The highest BCUT2D eigenvalue weighted by molar-refractivity contribution is 6.73. The van der Waals surface area contributed by atoms with Crippen LogP contribution < -0.4 is 15.1 Å². The zero-order valence-corrected chi connectivity index (χ0v) is 15.2. The molecular formula is C16H22O3Si2. The number of aromatic hydroxyl groups is 2. The highest BCUT2D eigenvalue weighted by atomic mass is 28.3. The second-order valence-corrected chi connectivity index (χ2v) is 11.6. The van der Waals surface area contributed by atoms with E-state index in [-0.39, 0.29) is 0 Å². The lowest BCUT2D eigenvalue weighted by atomic mass is 10.3. The minimum atomic E-state index is -1.23. The van der Waals surface area contributed by atoms with E-state index in [1.54, 1.807) is 24.3 Å². The van der Waals surface area contributed by atoms with Gasteiger partial charge in [-0.3, -0.25) is 0 Å². The molecule has 0 aliphatic rings. The van der Waals surface area contributed by atoms with E-state index in [9.17, 15) is 10.2 Å². The minimum absolute atomic E-state index is 0.303. The molecule has 2 N–H and O–H groups in total. The first-order chi connectivity index (χ1) is 9.91. The predicted octanol–water partition coefficient (Wildman–Crippen LogP) is 2.28. The van der Waals surface area contributed by atoms with Gasteiger partial charge in [0.15, 0.2) is 0 Å². The van der Waals surface area contributed by atoms with E-state index in [1.807, 2.05) is 12.1 Å². The molecule has 2 aromatic carbocycles. The molecule has 0 radical (unpaired) electrons. The molecule has 0 spiro atoms. The first kappa shape index (κ1) is 15.7. The molecule has 0 bridgehead atoms. The highest BCUT2D eigenvalue weighted by Crippen LogP contribution is 2.25. The fourth-order valence-electron chi connectivity index (χ4n) is 2.52. The van der Waals surface area contributed by atoms with Gasteiger partial charge < -0.3 is 14.9 Å². The van der Waals surface area contributed by atoms with Crippen molar-refractivity contribution in [1.82, 2.24) is 0 Å². The molecule has 0 amide bonds. The van der Waals surface area contributed by atoms with E-state index in [4.69, 9.17) is 4.74 Å². The molecule has 2 rings (SSSR count). The van der Waals surface area contributed by atoms with Gasteiger partial charge in [0.2, 0.25) is 0 Å². The van der Waals surface area contributed by atoms with Gasteiger partial charge in [-0.15, -0.1) is 0 Å². The van der Waals surface area contributed by atoms with Gasteiger partial charge in [0.25, 0.3) is 0 Å². The number of phenolic OH excluding ortho intramolecular Hbond substituents is 2. The first-order valence-electron chi connectivity index (χ1n) is 7.23. The van der Waals surface area contributed by atoms with Crippen LogP contribution in [0.15, 0.2) is 36.4 Å². The number of benzene rings is 2. The van der Waals surface area contributed by atoms with Crippen LogP contribution in [0.2, 0.25) is 26.2 Å². The molecule has 21 heavy (non-hydrogen) atoms. The van der Waals surface area contributed by atoms with Crippen LogP contribution >= 0.6 is 0 Å². The molecule has 0 aliphatic heterocycles. The summed E-state index contributed by atoms with van der Waals surface area (Å²) >= 11 is 0. The summed E-state index contributed by atoms with van der Waals surface area (Å²) in [6.45, 7) is 8.62. The zero-order chi connectivity index (χ0) is 15.6.